The molecular formula is C27H25F4N5O. The lowest BCUT2D eigenvalue weighted by molar-refractivity contribution is -0.137. The quantitative estimate of drug-likeness (QED) is 0.321. The predicted molar refractivity (Wildman–Crippen MR) is 133 cm³/mol. The fraction of sp³-hybridized carbons (Fsp3) is 0.296. The largest absolute Gasteiger partial charge is 0.417 e. The van der Waals surface area contributed by atoms with Gasteiger partial charge in [0.1, 0.15) is 23.0 Å². The van der Waals surface area contributed by atoms with Gasteiger partial charge in [0, 0.05) is 30.2 Å². The maximum absolute atomic E-state index is 13.8. The van der Waals surface area contributed by atoms with Gasteiger partial charge in [-0.25, -0.2) is 14.4 Å². The summed E-state index contributed by atoms with van der Waals surface area (Å²) in [5, 5.41) is 2.93. The Bertz CT molecular complexity index is 1440. The number of alkyl halides is 3. The Balaban J connectivity index is 1.47. The Morgan fingerprint density at radius 1 is 1.03 bits per heavy atom. The zero-order valence-electron chi connectivity index (χ0n) is 20.3. The Morgan fingerprint density at radius 2 is 1.78 bits per heavy atom. The summed E-state index contributed by atoms with van der Waals surface area (Å²) >= 11 is 0. The molecule has 1 amide bonds. The second-order valence-corrected chi connectivity index (χ2v) is 9.42. The lowest BCUT2D eigenvalue weighted by atomic mass is 10.2. The minimum atomic E-state index is -4.58. The van der Waals surface area contributed by atoms with Crippen LogP contribution >= 0.6 is 0 Å². The number of hydrogen-bond donors (Lipinski definition) is 1. The zero-order valence-corrected chi connectivity index (χ0v) is 20.3. The summed E-state index contributed by atoms with van der Waals surface area (Å²) in [5.74, 6) is -0.180. The van der Waals surface area contributed by atoms with E-state index >= 15 is 0 Å². The van der Waals surface area contributed by atoms with Crippen molar-refractivity contribution in [2.24, 2.45) is 0 Å². The van der Waals surface area contributed by atoms with E-state index in [2.05, 4.69) is 34.0 Å². The van der Waals surface area contributed by atoms with Crippen LogP contribution in [0.2, 0.25) is 0 Å². The third-order valence-electron chi connectivity index (χ3n) is 6.75. The summed E-state index contributed by atoms with van der Waals surface area (Å²) in [6.45, 7) is 4.34. The number of pyridine rings is 2. The smallest absolute Gasteiger partial charge is 0.351 e. The number of nitrogens with one attached hydrogen (secondary N) is 1. The average molecular weight is 512 g/mol. The number of carbonyl (C=O) groups excluding carboxylic acids is 1. The first-order chi connectivity index (χ1) is 17.6. The first kappa shape index (κ1) is 24.7. The molecule has 1 saturated heterocycles. The number of amides is 1. The number of nitrogens with zero attached hydrogens (tertiary/aromatic N) is 4. The highest BCUT2D eigenvalue weighted by molar-refractivity contribution is 6.06. The molecule has 5 rings (SSSR count). The number of aromatic nitrogens is 3. The number of benzene rings is 1. The van der Waals surface area contributed by atoms with Gasteiger partial charge in [-0.3, -0.25) is 4.79 Å². The van der Waals surface area contributed by atoms with Gasteiger partial charge >= 0.3 is 6.18 Å². The van der Waals surface area contributed by atoms with E-state index in [0.717, 1.165) is 30.9 Å². The van der Waals surface area contributed by atoms with Gasteiger partial charge < -0.3 is 14.8 Å². The van der Waals surface area contributed by atoms with Gasteiger partial charge in [-0.15, -0.1) is 0 Å². The first-order valence-corrected chi connectivity index (χ1v) is 12.0. The third kappa shape index (κ3) is 5.00. The van der Waals surface area contributed by atoms with Gasteiger partial charge in [-0.2, -0.15) is 13.2 Å². The van der Waals surface area contributed by atoms with Crippen molar-refractivity contribution in [2.75, 3.05) is 10.2 Å². The highest BCUT2D eigenvalue weighted by Gasteiger charge is 2.32. The van der Waals surface area contributed by atoms with E-state index in [1.807, 2.05) is 6.07 Å². The molecule has 1 fully saturated rings. The standard InChI is InChI=1S/C27H25F4N5O/c1-16-6-7-17(2)36(16)24-9-8-22(14-32-24)34-26(37)23-12-19-11-20(27(29,30)31)13-33-25(19)35(23)15-18-4-3-5-21(28)10-18/h3-5,8-14,16-17H,6-7,15H2,1-2H3,(H,34,37)/t16-,17+. The molecule has 1 N–H and O–H groups in total. The molecule has 10 heteroatoms. The summed E-state index contributed by atoms with van der Waals surface area (Å²) in [6.07, 6.45) is -0.117. The highest BCUT2D eigenvalue weighted by atomic mass is 19.4. The summed E-state index contributed by atoms with van der Waals surface area (Å²) in [4.78, 5) is 24.0. The molecule has 1 aliphatic heterocycles. The minimum Gasteiger partial charge on any atom is -0.351 e. The van der Waals surface area contributed by atoms with Crippen LogP contribution in [0.25, 0.3) is 11.0 Å². The van der Waals surface area contributed by atoms with E-state index in [4.69, 9.17) is 0 Å². The summed E-state index contributed by atoms with van der Waals surface area (Å²) in [5.41, 5.74) is 0.345. The van der Waals surface area contributed by atoms with Gasteiger partial charge in [0.05, 0.1) is 17.4 Å². The summed E-state index contributed by atoms with van der Waals surface area (Å²) in [7, 11) is 0. The second kappa shape index (κ2) is 9.49. The maximum atomic E-state index is 13.8. The minimum absolute atomic E-state index is 0.0459. The number of hydrogen-bond acceptors (Lipinski definition) is 4. The number of carbonyl (C=O) groups is 1. The topological polar surface area (TPSA) is 63.1 Å². The molecule has 0 spiro atoms. The fourth-order valence-electron chi connectivity index (χ4n) is 4.92. The molecular weight excluding hydrogens is 486 g/mol. The molecule has 192 valence electrons. The van der Waals surface area contributed by atoms with Crippen molar-refractivity contribution >= 4 is 28.4 Å². The van der Waals surface area contributed by atoms with Crippen LogP contribution in [0.5, 0.6) is 0 Å². The Morgan fingerprint density at radius 3 is 2.43 bits per heavy atom. The van der Waals surface area contributed by atoms with E-state index in [1.165, 1.54) is 28.8 Å². The average Bonchev–Trinajstić information content (AvgIpc) is 3.38. The highest BCUT2D eigenvalue weighted by Crippen LogP contribution is 2.32. The Kier molecular flexibility index (Phi) is 6.35. The Labute approximate surface area is 210 Å². The van der Waals surface area contributed by atoms with E-state index in [-0.39, 0.29) is 23.3 Å². The van der Waals surface area contributed by atoms with Crippen LogP contribution in [0.4, 0.5) is 29.1 Å². The van der Waals surface area contributed by atoms with Gasteiger partial charge in [-0.05, 0) is 68.7 Å². The van der Waals surface area contributed by atoms with Gasteiger partial charge in [-0.1, -0.05) is 12.1 Å². The van der Waals surface area contributed by atoms with Crippen molar-refractivity contribution in [3.63, 3.8) is 0 Å². The fourth-order valence-corrected chi connectivity index (χ4v) is 4.92. The molecule has 0 aliphatic carbocycles. The van der Waals surface area contributed by atoms with E-state index in [1.54, 1.807) is 18.3 Å². The molecule has 1 aliphatic rings. The number of fused-ring (bicyclic) bond motifs is 1. The van der Waals surface area contributed by atoms with Crippen LogP contribution in [0.3, 0.4) is 0 Å². The number of rotatable bonds is 5. The van der Waals surface area contributed by atoms with E-state index < -0.39 is 23.5 Å². The molecule has 3 aromatic heterocycles. The van der Waals surface area contributed by atoms with Crippen LogP contribution in [0.1, 0.15) is 48.3 Å². The van der Waals surface area contributed by atoms with Crippen molar-refractivity contribution in [3.8, 4) is 0 Å². The molecule has 0 saturated carbocycles. The van der Waals surface area contributed by atoms with E-state index in [0.29, 0.717) is 23.3 Å². The van der Waals surface area contributed by atoms with Crippen molar-refractivity contribution in [2.45, 2.75) is 51.5 Å². The zero-order chi connectivity index (χ0) is 26.3. The molecule has 37 heavy (non-hydrogen) atoms. The molecule has 4 heterocycles. The SMILES string of the molecule is C[C@@H]1CC[C@H](C)N1c1ccc(NC(=O)c2cc3cc(C(F)(F)F)cnc3n2Cc2cccc(F)c2)cn1. The predicted octanol–water partition coefficient (Wildman–Crippen LogP) is 6.27. The molecule has 0 bridgehead atoms. The molecule has 2 atom stereocenters. The second-order valence-electron chi connectivity index (χ2n) is 9.42. The van der Waals surface area contributed by atoms with Crippen LogP contribution in [0, 0.1) is 5.82 Å². The number of halogens is 4. The van der Waals surface area contributed by atoms with Crippen molar-refractivity contribution in [1.29, 1.82) is 0 Å². The van der Waals surface area contributed by atoms with Gasteiger partial charge in [0.2, 0.25) is 0 Å². The summed E-state index contributed by atoms with van der Waals surface area (Å²) in [6, 6.07) is 12.4. The van der Waals surface area contributed by atoms with Crippen molar-refractivity contribution in [1.82, 2.24) is 14.5 Å². The lowest BCUT2D eigenvalue weighted by Gasteiger charge is -2.27. The van der Waals surface area contributed by atoms with Crippen molar-refractivity contribution < 1.29 is 22.4 Å². The normalized spacial score (nSPS) is 17.9. The van der Waals surface area contributed by atoms with Crippen LogP contribution < -0.4 is 10.2 Å². The third-order valence-corrected chi connectivity index (χ3v) is 6.75. The van der Waals surface area contributed by atoms with Crippen LogP contribution in [-0.4, -0.2) is 32.5 Å². The number of anilines is 2. The first-order valence-electron chi connectivity index (χ1n) is 12.0. The van der Waals surface area contributed by atoms with Crippen LogP contribution in [0.15, 0.2) is 60.9 Å². The molecule has 0 unspecified atom stereocenters. The lowest BCUT2D eigenvalue weighted by Crippen LogP contribution is -2.33. The Hall–Kier alpha value is -3.95. The van der Waals surface area contributed by atoms with E-state index in [9.17, 15) is 22.4 Å². The molecule has 4 aromatic rings. The van der Waals surface area contributed by atoms with Crippen molar-refractivity contribution in [3.05, 3.63) is 83.6 Å². The molecule has 0 radical (unpaired) electrons. The van der Waals surface area contributed by atoms with Crippen LogP contribution in [-0.2, 0) is 12.7 Å². The summed E-state index contributed by atoms with van der Waals surface area (Å²) < 4.78 is 55.1. The monoisotopic (exact) mass is 511 g/mol. The van der Waals surface area contributed by atoms with Gasteiger partial charge in [0.15, 0.2) is 0 Å². The van der Waals surface area contributed by atoms with Gasteiger partial charge in [0.25, 0.3) is 5.91 Å². The molecule has 1 aromatic carbocycles. The maximum Gasteiger partial charge on any atom is 0.417 e. The molecule has 6 nitrogen and oxygen atoms in total.